The molecule has 1 aliphatic rings. The number of hydrogen-bond acceptors (Lipinski definition) is 4. The van der Waals surface area contributed by atoms with Crippen molar-refractivity contribution in [2.24, 2.45) is 0 Å². The third-order valence-corrected chi connectivity index (χ3v) is 4.14. The molecule has 19 heavy (non-hydrogen) atoms. The van der Waals surface area contributed by atoms with E-state index in [4.69, 9.17) is 0 Å². The first-order valence-corrected chi connectivity index (χ1v) is 8.57. The minimum absolute atomic E-state index is 0.0828. The molecule has 108 valence electrons. The summed E-state index contributed by atoms with van der Waals surface area (Å²) < 4.78 is 26.9. The van der Waals surface area contributed by atoms with Gasteiger partial charge in [0.1, 0.15) is 0 Å². The second-order valence-corrected chi connectivity index (χ2v) is 6.88. The SMILES string of the molecule is CCn1ccc(CN2CCC(NS(C)(=O)=O)CC2)n1. The predicted octanol–water partition coefficient (Wildman–Crippen LogP) is 0.417. The van der Waals surface area contributed by atoms with Crippen molar-refractivity contribution in [3.63, 3.8) is 0 Å². The van der Waals surface area contributed by atoms with Crippen LogP contribution in [-0.2, 0) is 23.1 Å². The van der Waals surface area contributed by atoms with Gasteiger partial charge in [-0.3, -0.25) is 9.58 Å². The molecule has 1 fully saturated rings. The van der Waals surface area contributed by atoms with E-state index in [0.29, 0.717) is 0 Å². The Morgan fingerprint density at radius 3 is 2.63 bits per heavy atom. The van der Waals surface area contributed by atoms with Gasteiger partial charge in [-0.2, -0.15) is 5.10 Å². The van der Waals surface area contributed by atoms with Crippen molar-refractivity contribution in [1.29, 1.82) is 0 Å². The van der Waals surface area contributed by atoms with Gasteiger partial charge in [0.15, 0.2) is 0 Å². The van der Waals surface area contributed by atoms with Crippen LogP contribution in [0.25, 0.3) is 0 Å². The fourth-order valence-electron chi connectivity index (χ4n) is 2.40. The van der Waals surface area contributed by atoms with Crippen LogP contribution < -0.4 is 4.72 Å². The summed E-state index contributed by atoms with van der Waals surface area (Å²) in [5.74, 6) is 0. The van der Waals surface area contributed by atoms with Gasteiger partial charge in [0.05, 0.1) is 11.9 Å². The number of rotatable bonds is 5. The zero-order valence-corrected chi connectivity index (χ0v) is 12.4. The van der Waals surface area contributed by atoms with Crippen LogP contribution in [0.3, 0.4) is 0 Å². The summed E-state index contributed by atoms with van der Waals surface area (Å²) in [4.78, 5) is 2.32. The first-order valence-electron chi connectivity index (χ1n) is 6.68. The number of likely N-dealkylation sites (tertiary alicyclic amines) is 1. The Morgan fingerprint density at radius 2 is 2.11 bits per heavy atom. The highest BCUT2D eigenvalue weighted by atomic mass is 32.2. The topological polar surface area (TPSA) is 67.2 Å². The summed E-state index contributed by atoms with van der Waals surface area (Å²) in [7, 11) is -3.08. The fourth-order valence-corrected chi connectivity index (χ4v) is 3.25. The Morgan fingerprint density at radius 1 is 1.42 bits per heavy atom. The van der Waals surface area contributed by atoms with Gasteiger partial charge in [-0.05, 0) is 25.8 Å². The number of piperidine rings is 1. The Hall–Kier alpha value is -0.920. The van der Waals surface area contributed by atoms with Crippen molar-refractivity contribution in [2.45, 2.75) is 38.9 Å². The molecule has 1 aromatic rings. The lowest BCUT2D eigenvalue weighted by Gasteiger charge is -2.31. The largest absolute Gasteiger partial charge is 0.297 e. The van der Waals surface area contributed by atoms with E-state index in [-0.39, 0.29) is 6.04 Å². The van der Waals surface area contributed by atoms with Gasteiger partial charge in [-0.1, -0.05) is 0 Å². The molecule has 1 N–H and O–H groups in total. The zero-order valence-electron chi connectivity index (χ0n) is 11.5. The molecule has 2 rings (SSSR count). The lowest BCUT2D eigenvalue weighted by molar-refractivity contribution is 0.197. The molecule has 1 aromatic heterocycles. The van der Waals surface area contributed by atoms with Crippen LogP contribution in [0.1, 0.15) is 25.5 Å². The standard InChI is InChI=1S/C12H22N4O2S/c1-3-16-9-6-12(13-16)10-15-7-4-11(5-8-15)14-19(2,17)18/h6,9,11,14H,3-5,7-8,10H2,1-2H3. The Kier molecular flexibility index (Phi) is 4.59. The molecule has 0 spiro atoms. The van der Waals surface area contributed by atoms with Crippen LogP contribution in [0.2, 0.25) is 0 Å². The predicted molar refractivity (Wildman–Crippen MR) is 74.2 cm³/mol. The number of nitrogens with one attached hydrogen (secondary N) is 1. The minimum atomic E-state index is -3.08. The molecule has 7 heteroatoms. The molecule has 0 unspecified atom stereocenters. The second kappa shape index (κ2) is 6.02. The average molecular weight is 286 g/mol. The summed E-state index contributed by atoms with van der Waals surface area (Å²) in [6.07, 6.45) is 4.94. The van der Waals surface area contributed by atoms with Crippen LogP contribution in [0.5, 0.6) is 0 Å². The van der Waals surface area contributed by atoms with Gasteiger partial charge in [0.2, 0.25) is 10.0 Å². The van der Waals surface area contributed by atoms with Gasteiger partial charge in [0.25, 0.3) is 0 Å². The fraction of sp³-hybridized carbons (Fsp3) is 0.750. The van der Waals surface area contributed by atoms with E-state index in [0.717, 1.165) is 44.7 Å². The van der Waals surface area contributed by atoms with Gasteiger partial charge < -0.3 is 0 Å². The molecule has 0 aromatic carbocycles. The number of sulfonamides is 1. The van der Waals surface area contributed by atoms with Gasteiger partial charge >= 0.3 is 0 Å². The summed E-state index contributed by atoms with van der Waals surface area (Å²) in [6, 6.07) is 2.13. The minimum Gasteiger partial charge on any atom is -0.297 e. The lowest BCUT2D eigenvalue weighted by Crippen LogP contribution is -2.44. The third-order valence-electron chi connectivity index (χ3n) is 3.37. The average Bonchev–Trinajstić information content (AvgIpc) is 2.77. The normalized spacial score (nSPS) is 18.8. The molecule has 6 nitrogen and oxygen atoms in total. The molecule has 0 bridgehead atoms. The molecular weight excluding hydrogens is 264 g/mol. The maximum absolute atomic E-state index is 11.2. The monoisotopic (exact) mass is 286 g/mol. The van der Waals surface area contributed by atoms with Crippen LogP contribution >= 0.6 is 0 Å². The summed E-state index contributed by atoms with van der Waals surface area (Å²) >= 11 is 0. The number of nitrogens with zero attached hydrogens (tertiary/aromatic N) is 3. The Bertz CT molecular complexity index is 504. The highest BCUT2D eigenvalue weighted by Gasteiger charge is 2.21. The highest BCUT2D eigenvalue weighted by molar-refractivity contribution is 7.88. The van der Waals surface area contributed by atoms with Crippen molar-refractivity contribution < 1.29 is 8.42 Å². The third kappa shape index (κ3) is 4.59. The molecule has 0 saturated carbocycles. The van der Waals surface area contributed by atoms with E-state index in [1.54, 1.807) is 0 Å². The molecule has 0 aliphatic carbocycles. The van der Waals surface area contributed by atoms with Crippen molar-refractivity contribution in [3.8, 4) is 0 Å². The summed E-state index contributed by atoms with van der Waals surface area (Å²) in [5.41, 5.74) is 1.08. The Labute approximate surface area is 114 Å². The second-order valence-electron chi connectivity index (χ2n) is 5.10. The van der Waals surface area contributed by atoms with Gasteiger partial charge in [-0.25, -0.2) is 13.1 Å². The molecular formula is C12H22N4O2S. The van der Waals surface area contributed by atoms with E-state index < -0.39 is 10.0 Å². The zero-order chi connectivity index (χ0) is 13.9. The summed E-state index contributed by atoms with van der Waals surface area (Å²) in [5, 5.41) is 4.46. The number of aryl methyl sites for hydroxylation is 1. The van der Waals surface area contributed by atoms with Crippen LogP contribution in [-0.4, -0.2) is 48.5 Å². The molecule has 1 aliphatic heterocycles. The van der Waals surface area contributed by atoms with Crippen molar-refractivity contribution in [3.05, 3.63) is 18.0 Å². The van der Waals surface area contributed by atoms with Gasteiger partial charge in [-0.15, -0.1) is 0 Å². The Balaban J connectivity index is 1.80. The quantitative estimate of drug-likeness (QED) is 0.852. The smallest absolute Gasteiger partial charge is 0.208 e. The van der Waals surface area contributed by atoms with Crippen molar-refractivity contribution >= 4 is 10.0 Å². The number of aromatic nitrogens is 2. The maximum Gasteiger partial charge on any atom is 0.208 e. The van der Waals surface area contributed by atoms with Crippen LogP contribution in [0.15, 0.2) is 12.3 Å². The van der Waals surface area contributed by atoms with Crippen LogP contribution in [0.4, 0.5) is 0 Å². The molecule has 1 saturated heterocycles. The molecule has 0 radical (unpaired) electrons. The number of hydrogen-bond donors (Lipinski definition) is 1. The van der Waals surface area contributed by atoms with Crippen LogP contribution in [0, 0.1) is 0 Å². The van der Waals surface area contributed by atoms with Gasteiger partial charge in [0, 0.05) is 38.4 Å². The van der Waals surface area contributed by atoms with E-state index in [1.165, 1.54) is 6.26 Å². The van der Waals surface area contributed by atoms with E-state index in [2.05, 4.69) is 21.6 Å². The first-order chi connectivity index (χ1) is 8.96. The summed E-state index contributed by atoms with van der Waals surface area (Å²) in [6.45, 7) is 5.62. The first kappa shape index (κ1) is 14.5. The van der Waals surface area contributed by atoms with E-state index >= 15 is 0 Å². The molecule has 0 atom stereocenters. The maximum atomic E-state index is 11.2. The highest BCUT2D eigenvalue weighted by Crippen LogP contribution is 2.13. The molecule has 2 heterocycles. The lowest BCUT2D eigenvalue weighted by atomic mass is 10.1. The van der Waals surface area contributed by atoms with E-state index in [9.17, 15) is 8.42 Å². The van der Waals surface area contributed by atoms with Crippen molar-refractivity contribution in [2.75, 3.05) is 19.3 Å². The molecule has 0 amide bonds. The van der Waals surface area contributed by atoms with Crippen molar-refractivity contribution in [1.82, 2.24) is 19.4 Å². The van der Waals surface area contributed by atoms with E-state index in [1.807, 2.05) is 16.9 Å².